The molecule has 0 aliphatic carbocycles. The average molecular weight is 291 g/mol. The third kappa shape index (κ3) is 3.65. The Hall–Kier alpha value is -0.900. The van der Waals surface area contributed by atoms with Crippen molar-refractivity contribution in [2.45, 2.75) is 58.5 Å². The van der Waals surface area contributed by atoms with Gasteiger partial charge in [-0.2, -0.15) is 0 Å². The van der Waals surface area contributed by atoms with Gasteiger partial charge < -0.3 is 14.7 Å². The van der Waals surface area contributed by atoms with Crippen LogP contribution in [0.5, 0.6) is 0 Å². The number of aliphatic hydroxyl groups is 1. The van der Waals surface area contributed by atoms with Crippen LogP contribution in [-0.4, -0.2) is 40.9 Å². The van der Waals surface area contributed by atoms with E-state index >= 15 is 0 Å². The number of aliphatic hydroxyl groups excluding tert-OH is 1. The molecule has 1 aromatic rings. The van der Waals surface area contributed by atoms with Crippen LogP contribution in [0.15, 0.2) is 24.3 Å². The minimum absolute atomic E-state index is 0.114. The molecule has 1 N–H and O–H groups in total. The largest absolute Gasteiger partial charge is 0.390 e. The fourth-order valence-corrected chi connectivity index (χ4v) is 3.40. The molecule has 3 heteroatoms. The van der Waals surface area contributed by atoms with Crippen LogP contribution in [-0.2, 0) is 11.3 Å². The predicted molar refractivity (Wildman–Crippen MR) is 86.3 cm³/mol. The molecule has 1 aromatic carbocycles. The van der Waals surface area contributed by atoms with Crippen LogP contribution in [0, 0.1) is 12.8 Å². The maximum atomic E-state index is 10.6. The Balaban J connectivity index is 2.02. The number of nitrogens with zero attached hydrogens (tertiary/aromatic N) is 1. The molecule has 2 unspecified atom stereocenters. The van der Waals surface area contributed by atoms with Crippen molar-refractivity contribution in [2.24, 2.45) is 5.92 Å². The smallest absolute Gasteiger partial charge is 0.0896 e. The Morgan fingerprint density at radius 2 is 1.67 bits per heavy atom. The van der Waals surface area contributed by atoms with E-state index < -0.39 is 11.7 Å². The standard InChI is InChI=1S/C18H29NO2/c1-13-7-9-14(10-8-13)11-19(6)12-15-16(20)18(4,5)21-17(15,2)3/h7-10,15-16,20H,11-12H2,1-6H3. The molecule has 0 spiro atoms. The van der Waals surface area contributed by atoms with Gasteiger partial charge in [-0.3, -0.25) is 0 Å². The molecule has 1 aliphatic rings. The van der Waals surface area contributed by atoms with Crippen LogP contribution in [0.25, 0.3) is 0 Å². The normalized spacial score (nSPS) is 27.2. The van der Waals surface area contributed by atoms with E-state index in [1.54, 1.807) is 0 Å². The van der Waals surface area contributed by atoms with Gasteiger partial charge >= 0.3 is 0 Å². The third-order valence-corrected chi connectivity index (χ3v) is 4.59. The summed E-state index contributed by atoms with van der Waals surface area (Å²) in [6.45, 7) is 11.9. The zero-order valence-corrected chi connectivity index (χ0v) is 14.2. The van der Waals surface area contributed by atoms with Crippen LogP contribution in [0.3, 0.4) is 0 Å². The summed E-state index contributed by atoms with van der Waals surface area (Å²) in [5, 5.41) is 10.6. The van der Waals surface area contributed by atoms with E-state index in [1.165, 1.54) is 11.1 Å². The zero-order valence-electron chi connectivity index (χ0n) is 14.2. The van der Waals surface area contributed by atoms with Crippen LogP contribution < -0.4 is 0 Å². The highest BCUT2D eigenvalue weighted by atomic mass is 16.5. The van der Waals surface area contributed by atoms with Crippen molar-refractivity contribution in [1.82, 2.24) is 4.90 Å². The minimum Gasteiger partial charge on any atom is -0.390 e. The molecule has 2 atom stereocenters. The summed E-state index contributed by atoms with van der Waals surface area (Å²) in [6, 6.07) is 8.62. The number of ether oxygens (including phenoxy) is 1. The number of benzene rings is 1. The molecular formula is C18H29NO2. The van der Waals surface area contributed by atoms with E-state index in [-0.39, 0.29) is 11.5 Å². The molecule has 1 aliphatic heterocycles. The molecule has 0 bridgehead atoms. The van der Waals surface area contributed by atoms with Crippen molar-refractivity contribution in [2.75, 3.05) is 13.6 Å². The van der Waals surface area contributed by atoms with E-state index in [0.717, 1.165) is 13.1 Å². The molecule has 0 amide bonds. The second-order valence-corrected chi connectivity index (χ2v) is 7.54. The molecule has 1 heterocycles. The first-order chi connectivity index (χ1) is 9.62. The van der Waals surface area contributed by atoms with Gasteiger partial charge in [0.05, 0.1) is 17.3 Å². The highest BCUT2D eigenvalue weighted by molar-refractivity contribution is 5.21. The van der Waals surface area contributed by atoms with Crippen molar-refractivity contribution in [3.05, 3.63) is 35.4 Å². The SMILES string of the molecule is Cc1ccc(CN(C)CC2C(O)C(C)(C)OC2(C)C)cc1. The van der Waals surface area contributed by atoms with Crippen molar-refractivity contribution < 1.29 is 9.84 Å². The maximum absolute atomic E-state index is 10.6. The molecule has 1 fully saturated rings. The van der Waals surface area contributed by atoms with Gasteiger partial charge in [-0.1, -0.05) is 29.8 Å². The fourth-order valence-electron chi connectivity index (χ4n) is 3.40. The average Bonchev–Trinajstić information content (AvgIpc) is 2.50. The Kier molecular flexibility index (Phi) is 4.48. The fraction of sp³-hybridized carbons (Fsp3) is 0.667. The second-order valence-electron chi connectivity index (χ2n) is 7.54. The van der Waals surface area contributed by atoms with Crippen molar-refractivity contribution in [1.29, 1.82) is 0 Å². The first kappa shape index (κ1) is 16.5. The lowest BCUT2D eigenvalue weighted by atomic mass is 9.84. The summed E-state index contributed by atoms with van der Waals surface area (Å²) in [5.41, 5.74) is 1.81. The molecule has 2 rings (SSSR count). The quantitative estimate of drug-likeness (QED) is 0.925. The summed E-state index contributed by atoms with van der Waals surface area (Å²) in [7, 11) is 2.11. The van der Waals surface area contributed by atoms with Gasteiger partial charge in [0.25, 0.3) is 0 Å². The molecule has 3 nitrogen and oxygen atoms in total. The first-order valence-corrected chi connectivity index (χ1v) is 7.74. The Bertz CT molecular complexity index is 478. The van der Waals surface area contributed by atoms with Crippen molar-refractivity contribution in [3.63, 3.8) is 0 Å². The highest BCUT2D eigenvalue weighted by Gasteiger charge is 2.53. The Morgan fingerprint density at radius 3 is 2.14 bits per heavy atom. The molecule has 0 saturated carbocycles. The number of hydrogen-bond donors (Lipinski definition) is 1. The number of aryl methyl sites for hydroxylation is 1. The highest BCUT2D eigenvalue weighted by Crippen LogP contribution is 2.42. The summed E-state index contributed by atoms with van der Waals surface area (Å²) in [6.07, 6.45) is -0.437. The summed E-state index contributed by atoms with van der Waals surface area (Å²) in [5.74, 6) is 0.114. The molecular weight excluding hydrogens is 262 g/mol. The van der Waals surface area contributed by atoms with Crippen molar-refractivity contribution >= 4 is 0 Å². The van der Waals surface area contributed by atoms with Gasteiger partial charge in [0, 0.05) is 19.0 Å². The summed E-state index contributed by atoms with van der Waals surface area (Å²) >= 11 is 0. The lowest BCUT2D eigenvalue weighted by molar-refractivity contribution is -0.0912. The first-order valence-electron chi connectivity index (χ1n) is 7.74. The van der Waals surface area contributed by atoms with Gasteiger partial charge in [-0.05, 0) is 47.2 Å². The third-order valence-electron chi connectivity index (χ3n) is 4.59. The van der Waals surface area contributed by atoms with Gasteiger partial charge in [0.2, 0.25) is 0 Å². The van der Waals surface area contributed by atoms with Crippen molar-refractivity contribution in [3.8, 4) is 0 Å². The van der Waals surface area contributed by atoms with Gasteiger partial charge in [0.1, 0.15) is 0 Å². The molecule has 21 heavy (non-hydrogen) atoms. The van der Waals surface area contributed by atoms with Crippen LogP contribution >= 0.6 is 0 Å². The van der Waals surface area contributed by atoms with E-state index in [2.05, 4.69) is 57.0 Å². The zero-order chi connectivity index (χ0) is 15.8. The van der Waals surface area contributed by atoms with Gasteiger partial charge in [-0.25, -0.2) is 0 Å². The number of hydrogen-bond acceptors (Lipinski definition) is 3. The Morgan fingerprint density at radius 1 is 1.10 bits per heavy atom. The van der Waals surface area contributed by atoms with E-state index in [1.807, 2.05) is 13.8 Å². The van der Waals surface area contributed by atoms with Gasteiger partial charge in [0.15, 0.2) is 0 Å². The molecule has 118 valence electrons. The summed E-state index contributed by atoms with van der Waals surface area (Å²) in [4.78, 5) is 2.27. The van der Waals surface area contributed by atoms with E-state index in [4.69, 9.17) is 4.74 Å². The maximum Gasteiger partial charge on any atom is 0.0896 e. The predicted octanol–water partition coefficient (Wildman–Crippen LogP) is 2.99. The molecule has 0 aromatic heterocycles. The lowest BCUT2D eigenvalue weighted by Gasteiger charge is -2.30. The van der Waals surface area contributed by atoms with Crippen LogP contribution in [0.1, 0.15) is 38.8 Å². The number of rotatable bonds is 4. The van der Waals surface area contributed by atoms with Crippen LogP contribution in [0.4, 0.5) is 0 Å². The monoisotopic (exact) mass is 291 g/mol. The minimum atomic E-state index is -0.473. The van der Waals surface area contributed by atoms with E-state index in [0.29, 0.717) is 0 Å². The molecule has 1 saturated heterocycles. The van der Waals surface area contributed by atoms with Crippen LogP contribution in [0.2, 0.25) is 0 Å². The second kappa shape index (κ2) is 5.71. The van der Waals surface area contributed by atoms with Gasteiger partial charge in [-0.15, -0.1) is 0 Å². The van der Waals surface area contributed by atoms with E-state index in [9.17, 15) is 5.11 Å². The lowest BCUT2D eigenvalue weighted by Crippen LogP contribution is -2.42. The summed E-state index contributed by atoms with van der Waals surface area (Å²) < 4.78 is 6.05. The molecule has 0 radical (unpaired) electrons. The topological polar surface area (TPSA) is 32.7 Å². The Labute approximate surface area is 128 Å².